The van der Waals surface area contributed by atoms with Gasteiger partial charge in [0.25, 0.3) is 23.6 Å². The number of carbonyl (C=O) groups is 8. The van der Waals surface area contributed by atoms with Gasteiger partial charge in [0, 0.05) is 144 Å². The monoisotopic (exact) mass is 2010 g/mol. The number of H-pyrrole nitrogens is 2. The zero-order valence-corrected chi connectivity index (χ0v) is 92.4. The van der Waals surface area contributed by atoms with E-state index >= 15 is 4.39 Å². The number of ketones is 2. The molecule has 1 saturated carbocycles. The van der Waals surface area contributed by atoms with Crippen LogP contribution in [0, 0.1) is 5.82 Å². The molecule has 2 aliphatic heterocycles. The van der Waals surface area contributed by atoms with Crippen LogP contribution in [0.3, 0.4) is 0 Å². The first-order valence-corrected chi connectivity index (χ1v) is 54.2. The minimum atomic E-state index is -0.708. The third-order valence-electron chi connectivity index (χ3n) is 29.6. The summed E-state index contributed by atoms with van der Waals surface area (Å²) in [6.07, 6.45) is 26.0. The molecule has 7 aromatic carbocycles. The van der Waals surface area contributed by atoms with Gasteiger partial charge in [0.2, 0.25) is 11.8 Å². The molecule has 19 nitrogen and oxygen atoms in total. The van der Waals surface area contributed by atoms with Crippen molar-refractivity contribution in [3.63, 3.8) is 0 Å². The van der Waals surface area contributed by atoms with Crippen molar-refractivity contribution in [3.8, 4) is 50.3 Å². The van der Waals surface area contributed by atoms with E-state index in [9.17, 15) is 38.4 Å². The molecule has 8 N–H and O–H groups in total. The molecule has 5 heterocycles. The number of carbonyl (C=O) groups excluding carboxylic acids is 8. The molecule has 2 aliphatic carbocycles. The number of hydrogen-bond donors (Lipinski definition) is 8. The van der Waals surface area contributed by atoms with E-state index in [-0.39, 0.29) is 158 Å². The average Bonchev–Trinajstić information content (AvgIpc) is 1.65. The van der Waals surface area contributed by atoms with Gasteiger partial charge in [-0.15, -0.1) is 0 Å². The second-order valence-corrected chi connectivity index (χ2v) is 47.7. The summed E-state index contributed by atoms with van der Waals surface area (Å²) in [7, 11) is 0. The number of allylic oxidation sites excluding steroid dienone is 4. The Morgan fingerprint density at radius 1 is 0.362 bits per heavy atom. The van der Waals surface area contributed by atoms with Gasteiger partial charge in [-0.25, -0.2) is 14.4 Å². The second-order valence-electron chi connectivity index (χ2n) is 47.7. The van der Waals surface area contributed by atoms with Crippen molar-refractivity contribution in [1.29, 1.82) is 0 Å². The molecule has 3 aromatic heterocycles. The molecule has 0 saturated heterocycles. The number of nitrogens with zero attached hydrogens (tertiary/aromatic N) is 2. The lowest BCUT2D eigenvalue weighted by atomic mass is 9.78. The molecule has 784 valence electrons. The van der Waals surface area contributed by atoms with Crippen LogP contribution in [-0.2, 0) is 58.1 Å². The number of amides is 6. The summed E-state index contributed by atoms with van der Waals surface area (Å²) in [5.74, 6) is -3.39. The molecule has 6 amide bonds. The number of aromatic amines is 2. The predicted octanol–water partition coefficient (Wildman–Crippen LogP) is 30.7. The Labute approximate surface area is 882 Å². The highest BCUT2D eigenvalue weighted by Crippen LogP contribution is 2.46. The zero-order valence-electron chi connectivity index (χ0n) is 92.4. The van der Waals surface area contributed by atoms with Crippen molar-refractivity contribution in [3.05, 3.63) is 270 Å². The number of hydrogen-bond acceptors (Lipinski definition) is 11. The van der Waals surface area contributed by atoms with Crippen LogP contribution in [0.25, 0.3) is 90.9 Å². The molecule has 20 heteroatoms. The molecule has 0 radical (unpaired) electrons. The van der Waals surface area contributed by atoms with Crippen molar-refractivity contribution in [2.45, 2.75) is 345 Å². The van der Waals surface area contributed by atoms with Gasteiger partial charge in [-0.05, 0) is 263 Å². The third kappa shape index (κ3) is 28.0. The van der Waals surface area contributed by atoms with Crippen molar-refractivity contribution in [1.82, 2.24) is 35.9 Å². The topological polar surface area (TPSA) is 275 Å². The van der Waals surface area contributed by atoms with E-state index in [1.54, 1.807) is 57.2 Å². The molecule has 8 bridgehead atoms. The van der Waals surface area contributed by atoms with E-state index in [0.29, 0.717) is 66.6 Å². The smallest absolute Gasteiger partial charge is 0.255 e. The number of halogens is 1. The van der Waals surface area contributed by atoms with E-state index in [1.165, 1.54) is 58.4 Å². The van der Waals surface area contributed by atoms with E-state index in [1.807, 2.05) is 24.3 Å². The quantitative estimate of drug-likeness (QED) is 0.0135. The Morgan fingerprint density at radius 2 is 0.745 bits per heavy atom. The molecule has 14 rings (SSSR count). The van der Waals surface area contributed by atoms with Gasteiger partial charge in [-0.1, -0.05) is 288 Å². The first-order valence-electron chi connectivity index (χ1n) is 54.2. The molecule has 1 fully saturated rings. The number of benzene rings is 7. The summed E-state index contributed by atoms with van der Waals surface area (Å²) < 4.78 is 22.3. The molecular formula is C129H157FN10O9. The van der Waals surface area contributed by atoms with Crippen molar-refractivity contribution < 1.29 is 47.5 Å². The highest BCUT2D eigenvalue weighted by molar-refractivity contribution is 6.25. The third-order valence-corrected chi connectivity index (χ3v) is 29.6. The Morgan fingerprint density at radius 3 is 1.15 bits per heavy atom. The lowest BCUT2D eigenvalue weighted by Gasteiger charge is -2.30. The molecule has 0 unspecified atom stereocenters. The predicted molar refractivity (Wildman–Crippen MR) is 611 cm³/mol. The lowest BCUT2D eigenvalue weighted by molar-refractivity contribution is -0.117. The fraction of sp³-hybridized carbons (Fsp3) is 0.426. The van der Waals surface area contributed by atoms with Gasteiger partial charge in [0.1, 0.15) is 11.6 Å². The maximum atomic E-state index is 15.9. The van der Waals surface area contributed by atoms with Crippen LogP contribution in [0.5, 0.6) is 5.75 Å². The van der Waals surface area contributed by atoms with Gasteiger partial charge in [0.15, 0.2) is 11.6 Å². The number of anilines is 3. The first kappa shape index (κ1) is 111. The molecule has 4 aliphatic rings. The van der Waals surface area contributed by atoms with E-state index in [0.717, 1.165) is 160 Å². The zero-order chi connectivity index (χ0) is 108. The van der Waals surface area contributed by atoms with E-state index in [4.69, 9.17) is 14.7 Å². The average molecular weight is 2010 g/mol. The number of unbranched alkanes of at least 4 members (excludes halogenated alkanes) is 12. The van der Waals surface area contributed by atoms with Gasteiger partial charge >= 0.3 is 0 Å². The lowest BCUT2D eigenvalue weighted by Crippen LogP contribution is -2.43. The molecule has 0 atom stereocenters. The van der Waals surface area contributed by atoms with Gasteiger partial charge in [-0.3, -0.25) is 38.4 Å². The Balaban J connectivity index is 0.754. The second kappa shape index (κ2) is 47.1. The number of aromatic nitrogens is 4. The van der Waals surface area contributed by atoms with Crippen LogP contribution in [0.1, 0.15) is 397 Å². The van der Waals surface area contributed by atoms with Gasteiger partial charge < -0.3 is 46.6 Å². The minimum Gasteiger partial charge on any atom is -0.493 e. The SMILES string of the molecule is CCCCCCCCCC(=O)Nc1cc(NC(=O)CCCCCCCCC)cc(C(=O)Nc2ccc(C(=O)NC3CCC(NC(=O)c4ccc(-c5c6nc(c(-c7cc(C(C)(C)C)cc(C(C)(C)C)c7)c7ccc([nH]7)c(-c7cc(C(C)(C)C)cc(C(C)(C)C)c7)c7nc(c(-c8cc(C(C)(C)C)cc(C(C)(C)C)c8)c8ccc5[nH]8)C=C7)C=C6)cc4)CC3)c(OCCCNC(=O)c3ccc(CC4=C(C)C(=O)C(C)=C(C)C4=O)c(F)c3)c2)c1. The Hall–Kier alpha value is -13.5. The number of rotatable bonds is 36. The minimum absolute atomic E-state index is 0.0215. The van der Waals surface area contributed by atoms with Crippen LogP contribution in [-0.4, -0.2) is 92.2 Å². The highest BCUT2D eigenvalue weighted by Gasteiger charge is 2.34. The Bertz CT molecular complexity index is 6840. The normalized spacial score (nSPS) is 14.7. The highest BCUT2D eigenvalue weighted by atomic mass is 19.1. The number of Topliss-reactive ketones (excluding diaryl/α,β-unsaturated/α-hetero) is 2. The van der Waals surface area contributed by atoms with Crippen LogP contribution < -0.4 is 36.6 Å². The fourth-order valence-electron chi connectivity index (χ4n) is 19.9. The summed E-state index contributed by atoms with van der Waals surface area (Å²) in [5, 5.41) is 18.4. The maximum absolute atomic E-state index is 15.9. The summed E-state index contributed by atoms with van der Waals surface area (Å²) in [6, 6.07) is 50.8. The molecule has 10 aromatic rings. The van der Waals surface area contributed by atoms with E-state index in [2.05, 4.69) is 284 Å². The summed E-state index contributed by atoms with van der Waals surface area (Å²) in [5.41, 5.74) is 23.5. The Kier molecular flexibility index (Phi) is 35.2. The fourth-order valence-corrected chi connectivity index (χ4v) is 19.9. The van der Waals surface area contributed by atoms with Crippen molar-refractivity contribution >= 4 is 110 Å². The van der Waals surface area contributed by atoms with Gasteiger partial charge in [0.05, 0.1) is 34.9 Å². The van der Waals surface area contributed by atoms with Crippen LogP contribution in [0.15, 0.2) is 180 Å². The summed E-state index contributed by atoms with van der Waals surface area (Å²) in [4.78, 5) is 131. The number of nitrogens with one attached hydrogen (secondary N) is 8. The van der Waals surface area contributed by atoms with Crippen LogP contribution >= 0.6 is 0 Å². The maximum Gasteiger partial charge on any atom is 0.255 e. The molecule has 149 heavy (non-hydrogen) atoms. The van der Waals surface area contributed by atoms with E-state index < -0.39 is 23.5 Å². The van der Waals surface area contributed by atoms with Crippen molar-refractivity contribution in [2.75, 3.05) is 29.1 Å². The molecular weight excluding hydrogens is 1850 g/mol. The summed E-state index contributed by atoms with van der Waals surface area (Å²) in [6.45, 7) is 50.2. The van der Waals surface area contributed by atoms with Crippen LogP contribution in [0.4, 0.5) is 21.5 Å². The number of ether oxygens (including phenoxy) is 1. The van der Waals surface area contributed by atoms with Gasteiger partial charge in [-0.2, -0.15) is 0 Å². The van der Waals surface area contributed by atoms with Crippen molar-refractivity contribution in [2.24, 2.45) is 0 Å². The first-order chi connectivity index (χ1) is 70.5. The van der Waals surface area contributed by atoms with Crippen LogP contribution in [0.2, 0.25) is 0 Å². The molecule has 0 spiro atoms. The summed E-state index contributed by atoms with van der Waals surface area (Å²) >= 11 is 0. The number of fused-ring (bicyclic) bond motifs is 8. The largest absolute Gasteiger partial charge is 0.493 e. The standard InChI is InChI=1S/C129H157FN10O9/c1-24-26-28-30-32-34-36-39-112(141)132-98-69-88(70-99(76-98)133-113(142)40-37-35-33-31-29-27-25-2)122(147)136-97-51-52-100(111(77-97)149-62-38-61-131-120(145)84-46-45-83(102(130)72-84)71-101-80(5)118(143)78(3)79(4)119(101)144)123(148)135-96-49-47-95(48-50-96)134-121(146)82-43-41-81(42-44-82)114-103-53-55-105(137-103)115(85-63-89(124(6,7)8)73-90(64-85)125(9,10)11)107-57-59-109(139-107)117(87-67-93(128(18,19)20)75-94(68-87)129(21,22)23)110-60-58-108(140-110)116(106-56-54-104(114)138-106)86-65-91(126(12,13)14)74-92(66-86)127(15,16)17/h41-46,51-60,63-70,72-77,95-96,137,140H,24-40,47-50,61-62,71H2,1-23H3,(H,131,145)(H,132,141)(H,133,142)(H,134,146)(H,135,148)(H,136,147).